The number of benzene rings is 1. The van der Waals surface area contributed by atoms with E-state index >= 15 is 0 Å². The lowest BCUT2D eigenvalue weighted by atomic mass is 9.84. The van der Waals surface area contributed by atoms with Crippen LogP contribution in [0, 0.1) is 5.92 Å². The second-order valence-electron chi connectivity index (χ2n) is 7.37. The van der Waals surface area contributed by atoms with Crippen LogP contribution in [-0.2, 0) is 4.79 Å². The standard InChI is InChI=1S/C20H32N4O.2ClH/c21-16-17-6-4-5-9-19(17)22-20(25)10-11-23-12-14-24(15-13-23)18-7-2-1-3-8-18;;/h1-3,7-8,17,19H,4-6,9-16,21H2,(H,22,25);2*1H. The van der Waals surface area contributed by atoms with Crippen LogP contribution >= 0.6 is 24.8 Å². The summed E-state index contributed by atoms with van der Waals surface area (Å²) in [4.78, 5) is 17.1. The van der Waals surface area contributed by atoms with E-state index in [1.54, 1.807) is 0 Å². The highest BCUT2D eigenvalue weighted by Crippen LogP contribution is 2.23. The van der Waals surface area contributed by atoms with Crippen molar-refractivity contribution < 1.29 is 4.79 Å². The van der Waals surface area contributed by atoms with Crippen molar-refractivity contribution in [1.82, 2.24) is 10.2 Å². The molecule has 1 aromatic carbocycles. The van der Waals surface area contributed by atoms with Crippen LogP contribution in [0.4, 0.5) is 5.69 Å². The number of anilines is 1. The number of carbonyl (C=O) groups excluding carboxylic acids is 1. The molecule has 1 amide bonds. The van der Waals surface area contributed by atoms with Crippen LogP contribution in [0.15, 0.2) is 30.3 Å². The number of nitrogens with two attached hydrogens (primary N) is 1. The van der Waals surface area contributed by atoms with Crippen molar-refractivity contribution in [2.45, 2.75) is 38.1 Å². The van der Waals surface area contributed by atoms with E-state index in [0.717, 1.165) is 45.6 Å². The van der Waals surface area contributed by atoms with E-state index < -0.39 is 0 Å². The number of halogens is 2. The zero-order valence-corrected chi connectivity index (χ0v) is 17.6. The maximum Gasteiger partial charge on any atom is 0.221 e. The first-order valence-corrected chi connectivity index (χ1v) is 9.78. The summed E-state index contributed by atoms with van der Waals surface area (Å²) < 4.78 is 0. The number of carbonyl (C=O) groups is 1. The van der Waals surface area contributed by atoms with E-state index in [0.29, 0.717) is 24.9 Å². The first-order chi connectivity index (χ1) is 12.3. The van der Waals surface area contributed by atoms with E-state index in [2.05, 4.69) is 45.4 Å². The van der Waals surface area contributed by atoms with Crippen LogP contribution in [0.5, 0.6) is 0 Å². The van der Waals surface area contributed by atoms with Gasteiger partial charge in [-0.05, 0) is 37.4 Å². The Balaban J connectivity index is 0.00000182. The largest absolute Gasteiger partial charge is 0.369 e. The lowest BCUT2D eigenvalue weighted by molar-refractivity contribution is -0.122. The number of rotatable bonds is 6. The molecule has 1 aliphatic heterocycles. The maximum atomic E-state index is 12.3. The van der Waals surface area contributed by atoms with Crippen LogP contribution in [0.25, 0.3) is 0 Å². The van der Waals surface area contributed by atoms with Gasteiger partial charge in [0.1, 0.15) is 0 Å². The number of piperazine rings is 1. The van der Waals surface area contributed by atoms with Crippen molar-refractivity contribution in [3.8, 4) is 0 Å². The highest BCUT2D eigenvalue weighted by atomic mass is 35.5. The normalized spacial score (nSPS) is 23.1. The van der Waals surface area contributed by atoms with Crippen molar-refractivity contribution in [2.24, 2.45) is 11.7 Å². The fourth-order valence-corrected chi connectivity index (χ4v) is 4.09. The van der Waals surface area contributed by atoms with Gasteiger partial charge in [-0.15, -0.1) is 24.8 Å². The molecule has 27 heavy (non-hydrogen) atoms. The minimum Gasteiger partial charge on any atom is -0.369 e. The Morgan fingerprint density at radius 1 is 1.04 bits per heavy atom. The SMILES string of the molecule is Cl.Cl.NCC1CCCCC1NC(=O)CCN1CCN(c2ccccc2)CC1. The first kappa shape index (κ1) is 24.0. The van der Waals surface area contributed by atoms with Crippen LogP contribution in [0.2, 0.25) is 0 Å². The van der Waals surface area contributed by atoms with Gasteiger partial charge in [-0.1, -0.05) is 31.0 Å². The molecule has 7 heteroatoms. The summed E-state index contributed by atoms with van der Waals surface area (Å²) in [5.74, 6) is 0.656. The third-order valence-electron chi connectivity index (χ3n) is 5.71. The Hall–Kier alpha value is -1.01. The second-order valence-corrected chi connectivity index (χ2v) is 7.37. The molecule has 0 bridgehead atoms. The van der Waals surface area contributed by atoms with Crippen molar-refractivity contribution in [2.75, 3.05) is 44.2 Å². The Morgan fingerprint density at radius 2 is 1.70 bits per heavy atom. The molecule has 2 aliphatic rings. The maximum absolute atomic E-state index is 12.3. The van der Waals surface area contributed by atoms with E-state index in [4.69, 9.17) is 5.73 Å². The molecule has 2 fully saturated rings. The molecule has 5 nitrogen and oxygen atoms in total. The molecule has 0 spiro atoms. The summed E-state index contributed by atoms with van der Waals surface area (Å²) in [6.45, 7) is 5.65. The van der Waals surface area contributed by atoms with Crippen molar-refractivity contribution >= 4 is 36.4 Å². The van der Waals surface area contributed by atoms with Crippen molar-refractivity contribution in [3.63, 3.8) is 0 Å². The highest BCUT2D eigenvalue weighted by molar-refractivity contribution is 5.85. The molecular formula is C20H34Cl2N4O. The van der Waals surface area contributed by atoms with Gasteiger partial charge in [-0.3, -0.25) is 9.69 Å². The Bertz CT molecular complexity index is 538. The van der Waals surface area contributed by atoms with Gasteiger partial charge in [-0.2, -0.15) is 0 Å². The molecule has 3 rings (SSSR count). The van der Waals surface area contributed by atoms with Gasteiger partial charge in [0.15, 0.2) is 0 Å². The number of amides is 1. The number of para-hydroxylation sites is 1. The summed E-state index contributed by atoms with van der Waals surface area (Å²) >= 11 is 0. The average molecular weight is 417 g/mol. The van der Waals surface area contributed by atoms with E-state index in [-0.39, 0.29) is 30.7 Å². The molecular weight excluding hydrogens is 383 g/mol. The molecule has 0 aromatic heterocycles. The molecule has 1 saturated carbocycles. The van der Waals surface area contributed by atoms with Crippen molar-refractivity contribution in [3.05, 3.63) is 30.3 Å². The van der Waals surface area contributed by atoms with Crippen molar-refractivity contribution in [1.29, 1.82) is 0 Å². The van der Waals surface area contributed by atoms with Gasteiger partial charge in [0.25, 0.3) is 0 Å². The van der Waals surface area contributed by atoms with Gasteiger partial charge < -0.3 is 16.0 Å². The monoisotopic (exact) mass is 416 g/mol. The molecule has 154 valence electrons. The predicted octanol–water partition coefficient (Wildman–Crippen LogP) is 2.68. The van der Waals surface area contributed by atoms with Gasteiger partial charge >= 0.3 is 0 Å². The summed E-state index contributed by atoms with van der Waals surface area (Å²) in [6, 6.07) is 10.9. The van der Waals surface area contributed by atoms with Gasteiger partial charge in [0.05, 0.1) is 0 Å². The third kappa shape index (κ3) is 7.15. The molecule has 1 aliphatic carbocycles. The van der Waals surface area contributed by atoms with Gasteiger partial charge in [0.2, 0.25) is 5.91 Å². The molecule has 3 N–H and O–H groups in total. The summed E-state index contributed by atoms with van der Waals surface area (Å²) in [5, 5.41) is 3.24. The van der Waals surface area contributed by atoms with Gasteiger partial charge in [0, 0.05) is 50.9 Å². The van der Waals surface area contributed by atoms with Crippen LogP contribution in [0.3, 0.4) is 0 Å². The third-order valence-corrected chi connectivity index (χ3v) is 5.71. The Labute approximate surface area is 175 Å². The van der Waals surface area contributed by atoms with E-state index in [9.17, 15) is 4.79 Å². The van der Waals surface area contributed by atoms with E-state index in [1.807, 2.05) is 0 Å². The summed E-state index contributed by atoms with van der Waals surface area (Å²) in [5.41, 5.74) is 7.15. The van der Waals surface area contributed by atoms with E-state index in [1.165, 1.54) is 18.5 Å². The smallest absolute Gasteiger partial charge is 0.221 e. The molecule has 1 aromatic rings. The van der Waals surface area contributed by atoms with Crippen LogP contribution < -0.4 is 16.0 Å². The van der Waals surface area contributed by atoms with Crippen LogP contribution in [0.1, 0.15) is 32.1 Å². The average Bonchev–Trinajstić information content (AvgIpc) is 2.68. The fraction of sp³-hybridized carbons (Fsp3) is 0.650. The highest BCUT2D eigenvalue weighted by Gasteiger charge is 2.25. The second kappa shape index (κ2) is 12.4. The fourth-order valence-electron chi connectivity index (χ4n) is 4.09. The van der Waals surface area contributed by atoms with Gasteiger partial charge in [-0.25, -0.2) is 0 Å². The molecule has 1 saturated heterocycles. The molecule has 0 radical (unpaired) electrons. The quantitative estimate of drug-likeness (QED) is 0.747. The summed E-state index contributed by atoms with van der Waals surface area (Å²) in [7, 11) is 0. The number of hydrogen-bond acceptors (Lipinski definition) is 4. The molecule has 1 heterocycles. The lowest BCUT2D eigenvalue weighted by Gasteiger charge is -2.36. The summed E-state index contributed by atoms with van der Waals surface area (Å²) in [6.07, 6.45) is 5.30. The lowest BCUT2D eigenvalue weighted by Crippen LogP contribution is -2.48. The molecule has 2 unspecified atom stereocenters. The predicted molar refractivity (Wildman–Crippen MR) is 117 cm³/mol. The Morgan fingerprint density at radius 3 is 2.37 bits per heavy atom. The van der Waals surface area contributed by atoms with Crippen LogP contribution in [-0.4, -0.2) is 56.1 Å². The number of nitrogens with zero attached hydrogens (tertiary/aromatic N) is 2. The first-order valence-electron chi connectivity index (χ1n) is 9.78. The number of nitrogens with one attached hydrogen (secondary N) is 1. The minimum absolute atomic E-state index is 0. The minimum atomic E-state index is 0. The molecule has 2 atom stereocenters. The topological polar surface area (TPSA) is 61.6 Å². The Kier molecular flexibility index (Phi) is 11.1. The zero-order chi connectivity index (χ0) is 17.5. The zero-order valence-electron chi connectivity index (χ0n) is 16.0. The number of hydrogen-bond donors (Lipinski definition) is 2.